The van der Waals surface area contributed by atoms with Crippen LogP contribution < -0.4 is 11.1 Å². The second-order valence-electron chi connectivity index (χ2n) is 2.80. The molecule has 0 spiro atoms. The standard InChI is InChI=1S/C7H16N2O/c1-5(2)7(10)9-6(3)4-8/h5-6H,4,8H2,1-3H3,(H,9,10)/t6-/m0/s1. The molecule has 1 amide bonds. The van der Waals surface area contributed by atoms with Gasteiger partial charge in [-0.15, -0.1) is 0 Å². The molecule has 10 heavy (non-hydrogen) atoms. The van der Waals surface area contributed by atoms with Gasteiger partial charge in [0.2, 0.25) is 5.91 Å². The van der Waals surface area contributed by atoms with Crippen molar-refractivity contribution in [1.82, 2.24) is 5.32 Å². The predicted octanol–water partition coefficient (Wildman–Crippen LogP) is 0.106. The molecule has 0 aromatic heterocycles. The first-order valence-corrected chi connectivity index (χ1v) is 3.58. The van der Waals surface area contributed by atoms with Crippen LogP contribution in [0.5, 0.6) is 0 Å². The van der Waals surface area contributed by atoms with Gasteiger partial charge in [-0.05, 0) is 6.92 Å². The Labute approximate surface area is 62.0 Å². The van der Waals surface area contributed by atoms with E-state index in [0.29, 0.717) is 6.54 Å². The number of hydrogen-bond donors (Lipinski definition) is 2. The van der Waals surface area contributed by atoms with E-state index < -0.39 is 0 Å². The predicted molar refractivity (Wildman–Crippen MR) is 41.5 cm³/mol. The molecule has 0 aliphatic carbocycles. The molecule has 60 valence electrons. The van der Waals surface area contributed by atoms with E-state index in [1.165, 1.54) is 0 Å². The van der Waals surface area contributed by atoms with Crippen LogP contribution in [-0.4, -0.2) is 18.5 Å². The lowest BCUT2D eigenvalue weighted by Crippen LogP contribution is -2.39. The molecule has 0 aromatic rings. The van der Waals surface area contributed by atoms with Crippen molar-refractivity contribution in [3.63, 3.8) is 0 Å². The Kier molecular flexibility index (Phi) is 4.03. The first-order chi connectivity index (χ1) is 4.57. The quantitative estimate of drug-likeness (QED) is 0.590. The van der Waals surface area contributed by atoms with Crippen LogP contribution in [0.25, 0.3) is 0 Å². The van der Waals surface area contributed by atoms with Crippen molar-refractivity contribution in [2.75, 3.05) is 6.54 Å². The molecule has 0 rings (SSSR count). The topological polar surface area (TPSA) is 55.1 Å². The summed E-state index contributed by atoms with van der Waals surface area (Å²) in [6, 6.07) is 0.0925. The molecule has 0 aliphatic heterocycles. The highest BCUT2D eigenvalue weighted by Crippen LogP contribution is 1.91. The Hall–Kier alpha value is -0.570. The van der Waals surface area contributed by atoms with E-state index in [1.807, 2.05) is 20.8 Å². The Balaban J connectivity index is 3.57. The van der Waals surface area contributed by atoms with Crippen molar-refractivity contribution in [2.45, 2.75) is 26.8 Å². The number of carbonyl (C=O) groups excluding carboxylic acids is 1. The summed E-state index contributed by atoms with van der Waals surface area (Å²) in [7, 11) is 0. The number of hydrogen-bond acceptors (Lipinski definition) is 2. The molecule has 0 heterocycles. The van der Waals surface area contributed by atoms with Crippen LogP contribution in [0, 0.1) is 5.92 Å². The van der Waals surface area contributed by atoms with E-state index in [1.54, 1.807) is 0 Å². The lowest BCUT2D eigenvalue weighted by Gasteiger charge is -2.12. The van der Waals surface area contributed by atoms with Crippen molar-refractivity contribution in [2.24, 2.45) is 11.7 Å². The molecule has 0 saturated heterocycles. The van der Waals surface area contributed by atoms with Crippen LogP contribution in [0.2, 0.25) is 0 Å². The highest BCUT2D eigenvalue weighted by molar-refractivity contribution is 5.78. The normalized spacial score (nSPS) is 13.3. The maximum Gasteiger partial charge on any atom is 0.222 e. The van der Waals surface area contributed by atoms with E-state index in [0.717, 1.165) is 0 Å². The minimum atomic E-state index is 0.0500. The van der Waals surface area contributed by atoms with E-state index in [9.17, 15) is 4.79 Å². The maximum absolute atomic E-state index is 10.9. The Bertz CT molecular complexity index is 112. The van der Waals surface area contributed by atoms with Crippen LogP contribution in [0.3, 0.4) is 0 Å². The second-order valence-corrected chi connectivity index (χ2v) is 2.80. The third-order valence-corrected chi connectivity index (χ3v) is 1.27. The van der Waals surface area contributed by atoms with E-state index in [2.05, 4.69) is 5.32 Å². The van der Waals surface area contributed by atoms with Gasteiger partial charge in [0.1, 0.15) is 0 Å². The summed E-state index contributed by atoms with van der Waals surface area (Å²) < 4.78 is 0. The van der Waals surface area contributed by atoms with Gasteiger partial charge in [-0.25, -0.2) is 0 Å². The van der Waals surface area contributed by atoms with Gasteiger partial charge >= 0.3 is 0 Å². The van der Waals surface area contributed by atoms with Gasteiger partial charge < -0.3 is 11.1 Å². The lowest BCUT2D eigenvalue weighted by molar-refractivity contribution is -0.124. The van der Waals surface area contributed by atoms with E-state index >= 15 is 0 Å². The van der Waals surface area contributed by atoms with Crippen LogP contribution in [0.1, 0.15) is 20.8 Å². The van der Waals surface area contributed by atoms with Gasteiger partial charge in [0.05, 0.1) is 0 Å². The van der Waals surface area contributed by atoms with Gasteiger partial charge in [-0.2, -0.15) is 0 Å². The zero-order valence-electron chi connectivity index (χ0n) is 6.85. The summed E-state index contributed by atoms with van der Waals surface area (Å²) in [6.07, 6.45) is 0. The molecule has 3 N–H and O–H groups in total. The number of nitrogens with one attached hydrogen (secondary N) is 1. The van der Waals surface area contributed by atoms with Gasteiger partial charge in [0, 0.05) is 18.5 Å². The molecular weight excluding hydrogens is 128 g/mol. The monoisotopic (exact) mass is 144 g/mol. The fourth-order valence-electron chi connectivity index (χ4n) is 0.468. The average Bonchev–Trinajstić information content (AvgIpc) is 1.87. The van der Waals surface area contributed by atoms with Crippen LogP contribution >= 0.6 is 0 Å². The largest absolute Gasteiger partial charge is 0.352 e. The average molecular weight is 144 g/mol. The third-order valence-electron chi connectivity index (χ3n) is 1.27. The van der Waals surface area contributed by atoms with Crippen LogP contribution in [-0.2, 0) is 4.79 Å². The van der Waals surface area contributed by atoms with Crippen molar-refractivity contribution in [3.8, 4) is 0 Å². The van der Waals surface area contributed by atoms with Crippen molar-refractivity contribution in [1.29, 1.82) is 0 Å². The Morgan fingerprint density at radius 3 is 2.30 bits per heavy atom. The first kappa shape index (κ1) is 9.43. The summed E-state index contributed by atoms with van der Waals surface area (Å²) in [5.41, 5.74) is 5.31. The minimum absolute atomic E-state index is 0.0500. The smallest absolute Gasteiger partial charge is 0.222 e. The third kappa shape index (κ3) is 3.45. The fourth-order valence-corrected chi connectivity index (χ4v) is 0.468. The molecule has 0 bridgehead atoms. The fraction of sp³-hybridized carbons (Fsp3) is 0.857. The van der Waals surface area contributed by atoms with E-state index in [4.69, 9.17) is 5.73 Å². The second kappa shape index (κ2) is 4.28. The van der Waals surface area contributed by atoms with Crippen LogP contribution in [0.4, 0.5) is 0 Å². The summed E-state index contributed by atoms with van der Waals surface area (Å²) >= 11 is 0. The Morgan fingerprint density at radius 2 is 2.00 bits per heavy atom. The number of rotatable bonds is 3. The summed E-state index contributed by atoms with van der Waals surface area (Å²) in [6.45, 7) is 6.11. The van der Waals surface area contributed by atoms with Gasteiger partial charge in [0.15, 0.2) is 0 Å². The molecule has 0 aromatic carbocycles. The number of carbonyl (C=O) groups is 1. The van der Waals surface area contributed by atoms with E-state index in [-0.39, 0.29) is 17.9 Å². The molecular formula is C7H16N2O. The zero-order chi connectivity index (χ0) is 8.15. The molecule has 3 nitrogen and oxygen atoms in total. The van der Waals surface area contributed by atoms with Gasteiger partial charge in [-0.1, -0.05) is 13.8 Å². The van der Waals surface area contributed by atoms with Gasteiger partial charge in [0.25, 0.3) is 0 Å². The highest BCUT2D eigenvalue weighted by Gasteiger charge is 2.08. The molecule has 1 atom stereocenters. The lowest BCUT2D eigenvalue weighted by atomic mass is 10.2. The maximum atomic E-state index is 10.9. The summed E-state index contributed by atoms with van der Waals surface area (Å²) in [5.74, 6) is 0.118. The van der Waals surface area contributed by atoms with Crippen molar-refractivity contribution < 1.29 is 4.79 Å². The summed E-state index contributed by atoms with van der Waals surface area (Å²) in [4.78, 5) is 10.9. The van der Waals surface area contributed by atoms with Crippen molar-refractivity contribution >= 4 is 5.91 Å². The number of amides is 1. The molecule has 0 fully saturated rings. The molecule has 0 saturated carbocycles. The molecule has 3 heteroatoms. The molecule has 0 radical (unpaired) electrons. The van der Waals surface area contributed by atoms with Gasteiger partial charge in [-0.3, -0.25) is 4.79 Å². The first-order valence-electron chi connectivity index (χ1n) is 3.58. The van der Waals surface area contributed by atoms with Crippen molar-refractivity contribution in [3.05, 3.63) is 0 Å². The molecule has 0 aliphatic rings. The minimum Gasteiger partial charge on any atom is -0.352 e. The molecule has 0 unspecified atom stereocenters. The number of nitrogens with two attached hydrogens (primary N) is 1. The zero-order valence-corrected chi connectivity index (χ0v) is 6.85. The Morgan fingerprint density at radius 1 is 1.50 bits per heavy atom. The SMILES string of the molecule is CC(C)C(=O)N[C@@H](C)CN. The van der Waals surface area contributed by atoms with Crippen LogP contribution in [0.15, 0.2) is 0 Å². The highest BCUT2D eigenvalue weighted by atomic mass is 16.1. The summed E-state index contributed by atoms with van der Waals surface area (Å²) in [5, 5.41) is 2.77.